The largest absolute Gasteiger partial charge is 0.493 e. The Kier molecular flexibility index (Phi) is 4.73. The van der Waals surface area contributed by atoms with Gasteiger partial charge in [-0.1, -0.05) is 30.3 Å². The number of rotatable bonds is 3. The quantitative estimate of drug-likeness (QED) is 0.895. The van der Waals surface area contributed by atoms with E-state index in [1.165, 1.54) is 5.56 Å². The van der Waals surface area contributed by atoms with Crippen molar-refractivity contribution in [3.05, 3.63) is 53.6 Å². The fourth-order valence-corrected chi connectivity index (χ4v) is 4.80. The monoisotopic (exact) mass is 373 g/mol. The third-order valence-electron chi connectivity index (χ3n) is 5.15. The van der Waals surface area contributed by atoms with Crippen molar-refractivity contribution in [1.29, 1.82) is 0 Å². The number of aliphatic hydroxyl groups excluding tert-OH is 1. The Morgan fingerprint density at radius 3 is 2.46 bits per heavy atom. The van der Waals surface area contributed by atoms with Crippen LogP contribution < -0.4 is 4.74 Å². The van der Waals surface area contributed by atoms with E-state index in [2.05, 4.69) is 29.2 Å². The summed E-state index contributed by atoms with van der Waals surface area (Å²) in [5, 5.41) is 10.2. The summed E-state index contributed by atoms with van der Waals surface area (Å²) < 4.78 is 28.6. The third kappa shape index (κ3) is 3.77. The Morgan fingerprint density at radius 1 is 1.04 bits per heavy atom. The van der Waals surface area contributed by atoms with Gasteiger partial charge in [0.1, 0.15) is 5.75 Å². The third-order valence-corrected chi connectivity index (χ3v) is 6.76. The molecule has 0 spiro atoms. The molecule has 138 valence electrons. The van der Waals surface area contributed by atoms with Crippen LogP contribution >= 0.6 is 0 Å². The number of ether oxygens (including phenoxy) is 1. The molecule has 6 heteroatoms. The summed E-state index contributed by atoms with van der Waals surface area (Å²) in [5.41, 5.74) is 4.18. The maximum absolute atomic E-state index is 11.5. The molecule has 5 nitrogen and oxygen atoms in total. The lowest BCUT2D eigenvalue weighted by atomic mass is 9.96. The summed E-state index contributed by atoms with van der Waals surface area (Å²) in [7, 11) is -2.84. The molecule has 26 heavy (non-hydrogen) atoms. The van der Waals surface area contributed by atoms with E-state index in [9.17, 15) is 13.5 Å². The Hall–Kier alpha value is -1.89. The van der Waals surface area contributed by atoms with Gasteiger partial charge in [0.25, 0.3) is 0 Å². The summed E-state index contributed by atoms with van der Waals surface area (Å²) in [4.78, 5) is 2.18. The van der Waals surface area contributed by atoms with E-state index in [0.717, 1.165) is 29.0 Å². The number of aliphatic hydroxyl groups is 1. The number of hydrogen-bond donors (Lipinski definition) is 1. The van der Waals surface area contributed by atoms with Crippen molar-refractivity contribution < 1.29 is 18.3 Å². The topological polar surface area (TPSA) is 66.8 Å². The van der Waals surface area contributed by atoms with Crippen molar-refractivity contribution in [2.24, 2.45) is 0 Å². The van der Waals surface area contributed by atoms with Gasteiger partial charge in [-0.3, -0.25) is 4.90 Å². The van der Waals surface area contributed by atoms with E-state index in [1.807, 2.05) is 18.2 Å². The van der Waals surface area contributed by atoms with Gasteiger partial charge in [-0.05, 0) is 28.8 Å². The highest BCUT2D eigenvalue weighted by Gasteiger charge is 2.22. The van der Waals surface area contributed by atoms with Crippen molar-refractivity contribution in [2.75, 3.05) is 31.2 Å². The standard InChI is InChI=1S/C20H23NO4S/c22-19-7-10-25-20-6-5-17(13-18(19)20)16-3-1-15(2-4-16)14-21-8-11-26(23,24)12-9-21/h1-6,13,19,22H,7-12,14H2/t19-/m1/s1. The van der Waals surface area contributed by atoms with Crippen LogP contribution in [0, 0.1) is 0 Å². The Labute approximate surface area is 154 Å². The molecule has 1 saturated heterocycles. The van der Waals surface area contributed by atoms with Gasteiger partial charge in [-0.25, -0.2) is 8.42 Å². The van der Waals surface area contributed by atoms with Crippen LogP contribution in [0.1, 0.15) is 23.7 Å². The normalized spacial score (nSPS) is 22.4. The maximum atomic E-state index is 11.5. The van der Waals surface area contributed by atoms with Gasteiger partial charge in [-0.15, -0.1) is 0 Å². The van der Waals surface area contributed by atoms with Gasteiger partial charge in [0.2, 0.25) is 0 Å². The van der Waals surface area contributed by atoms with Crippen LogP contribution in [-0.4, -0.2) is 49.6 Å². The van der Waals surface area contributed by atoms with Crippen LogP contribution in [0.4, 0.5) is 0 Å². The van der Waals surface area contributed by atoms with Gasteiger partial charge in [0.05, 0.1) is 24.2 Å². The fourth-order valence-electron chi connectivity index (χ4n) is 3.53. The minimum atomic E-state index is -2.84. The lowest BCUT2D eigenvalue weighted by Gasteiger charge is -2.26. The minimum Gasteiger partial charge on any atom is -0.493 e. The SMILES string of the molecule is O=S1(=O)CCN(Cc2ccc(-c3ccc4c(c3)[C@H](O)CCO4)cc2)CC1. The van der Waals surface area contributed by atoms with Crippen LogP contribution in [0.25, 0.3) is 11.1 Å². The first-order chi connectivity index (χ1) is 12.5. The summed E-state index contributed by atoms with van der Waals surface area (Å²) >= 11 is 0. The van der Waals surface area contributed by atoms with E-state index in [1.54, 1.807) is 0 Å². The summed E-state index contributed by atoms with van der Waals surface area (Å²) in [6.07, 6.45) is 0.161. The molecule has 0 amide bonds. The van der Waals surface area contributed by atoms with E-state index < -0.39 is 15.9 Å². The second-order valence-corrected chi connectivity index (χ2v) is 9.33. The molecule has 2 aliphatic rings. The van der Waals surface area contributed by atoms with E-state index in [0.29, 0.717) is 26.1 Å². The Morgan fingerprint density at radius 2 is 1.73 bits per heavy atom. The number of sulfone groups is 1. The minimum absolute atomic E-state index is 0.255. The lowest BCUT2D eigenvalue weighted by molar-refractivity contribution is 0.115. The summed E-state index contributed by atoms with van der Waals surface area (Å²) in [5.74, 6) is 1.28. The van der Waals surface area contributed by atoms with Crippen molar-refractivity contribution in [2.45, 2.75) is 19.1 Å². The zero-order valence-electron chi connectivity index (χ0n) is 14.6. The molecule has 1 fully saturated rings. The van der Waals surface area contributed by atoms with Crippen molar-refractivity contribution in [1.82, 2.24) is 4.90 Å². The number of nitrogens with zero attached hydrogens (tertiary/aromatic N) is 1. The molecule has 0 unspecified atom stereocenters. The van der Waals surface area contributed by atoms with E-state index >= 15 is 0 Å². The van der Waals surface area contributed by atoms with Gasteiger partial charge in [0, 0.05) is 31.6 Å². The van der Waals surface area contributed by atoms with E-state index in [-0.39, 0.29) is 11.5 Å². The zero-order valence-corrected chi connectivity index (χ0v) is 15.4. The Bertz CT molecular complexity index is 879. The first-order valence-electron chi connectivity index (χ1n) is 8.97. The van der Waals surface area contributed by atoms with Crippen molar-refractivity contribution >= 4 is 9.84 Å². The molecule has 1 N–H and O–H groups in total. The highest BCUT2D eigenvalue weighted by atomic mass is 32.2. The molecule has 0 aliphatic carbocycles. The second kappa shape index (κ2) is 7.02. The Balaban J connectivity index is 1.47. The molecule has 1 atom stereocenters. The summed E-state index contributed by atoms with van der Waals surface area (Å²) in [6, 6.07) is 14.3. The molecular formula is C20H23NO4S. The van der Waals surface area contributed by atoms with E-state index in [4.69, 9.17) is 4.74 Å². The maximum Gasteiger partial charge on any atom is 0.152 e. The molecular weight excluding hydrogens is 350 g/mol. The molecule has 2 heterocycles. The molecule has 4 rings (SSSR count). The van der Waals surface area contributed by atoms with Crippen LogP contribution in [0.15, 0.2) is 42.5 Å². The second-order valence-electron chi connectivity index (χ2n) is 7.03. The molecule has 0 bridgehead atoms. The van der Waals surface area contributed by atoms with Crippen molar-refractivity contribution in [3.63, 3.8) is 0 Å². The van der Waals surface area contributed by atoms with Gasteiger partial charge >= 0.3 is 0 Å². The first kappa shape index (κ1) is 17.5. The zero-order chi connectivity index (χ0) is 18.1. The fraction of sp³-hybridized carbons (Fsp3) is 0.400. The highest BCUT2D eigenvalue weighted by Crippen LogP contribution is 2.35. The predicted octanol–water partition coefficient (Wildman–Crippen LogP) is 2.40. The van der Waals surface area contributed by atoms with Crippen LogP contribution in [0.2, 0.25) is 0 Å². The summed E-state index contributed by atoms with van der Waals surface area (Å²) in [6.45, 7) is 2.53. The average Bonchev–Trinajstić information content (AvgIpc) is 2.64. The highest BCUT2D eigenvalue weighted by molar-refractivity contribution is 7.91. The predicted molar refractivity (Wildman–Crippen MR) is 101 cm³/mol. The molecule has 0 saturated carbocycles. The number of hydrogen-bond acceptors (Lipinski definition) is 5. The molecule has 2 aromatic rings. The number of fused-ring (bicyclic) bond motifs is 1. The van der Waals surface area contributed by atoms with Gasteiger partial charge in [0.15, 0.2) is 9.84 Å². The molecule has 0 radical (unpaired) electrons. The van der Waals surface area contributed by atoms with Gasteiger partial charge < -0.3 is 9.84 Å². The van der Waals surface area contributed by atoms with Gasteiger partial charge in [-0.2, -0.15) is 0 Å². The smallest absolute Gasteiger partial charge is 0.152 e. The van der Waals surface area contributed by atoms with Crippen LogP contribution in [0.3, 0.4) is 0 Å². The average molecular weight is 373 g/mol. The first-order valence-corrected chi connectivity index (χ1v) is 10.8. The molecule has 2 aromatic carbocycles. The van der Waals surface area contributed by atoms with Crippen LogP contribution in [-0.2, 0) is 16.4 Å². The van der Waals surface area contributed by atoms with Crippen LogP contribution in [0.5, 0.6) is 5.75 Å². The number of benzene rings is 2. The molecule has 2 aliphatic heterocycles. The lowest BCUT2D eigenvalue weighted by Crippen LogP contribution is -2.39. The molecule has 0 aromatic heterocycles. The van der Waals surface area contributed by atoms with Crippen molar-refractivity contribution in [3.8, 4) is 16.9 Å².